The summed E-state index contributed by atoms with van der Waals surface area (Å²) in [6, 6.07) is 8.13. The summed E-state index contributed by atoms with van der Waals surface area (Å²) < 4.78 is 0. The zero-order chi connectivity index (χ0) is 18.4. The van der Waals surface area contributed by atoms with Gasteiger partial charge in [0.05, 0.1) is 23.3 Å². The Hall–Kier alpha value is -2.41. The molecule has 0 saturated carbocycles. The number of aryl methyl sites for hydroxylation is 3. The minimum Gasteiger partial charge on any atom is -0.357 e. The standard InChI is InChI=1S/C19H26N6S/c1-4-20-19(22-12-18-23-13(2)14(3)26-18)21-11-7-10-17-24-15-8-5-6-9-16(15)25-17/h5-6,8-9H,4,7,10-12H2,1-3H3,(H,24,25)(H2,20,21,22). The van der Waals surface area contributed by atoms with Gasteiger partial charge in [-0.3, -0.25) is 0 Å². The molecule has 0 atom stereocenters. The van der Waals surface area contributed by atoms with Crippen molar-refractivity contribution >= 4 is 28.3 Å². The van der Waals surface area contributed by atoms with Gasteiger partial charge in [-0.2, -0.15) is 0 Å². The minimum absolute atomic E-state index is 0.609. The van der Waals surface area contributed by atoms with Crippen molar-refractivity contribution in [2.24, 2.45) is 4.99 Å². The van der Waals surface area contributed by atoms with Crippen LogP contribution in [0.1, 0.15) is 34.7 Å². The van der Waals surface area contributed by atoms with E-state index in [1.807, 2.05) is 25.1 Å². The molecule has 6 nitrogen and oxygen atoms in total. The maximum absolute atomic E-state index is 4.64. The maximum atomic E-state index is 4.64. The monoisotopic (exact) mass is 370 g/mol. The summed E-state index contributed by atoms with van der Waals surface area (Å²) in [5.41, 5.74) is 3.22. The van der Waals surface area contributed by atoms with Gasteiger partial charge >= 0.3 is 0 Å². The number of aromatic amines is 1. The van der Waals surface area contributed by atoms with E-state index in [1.165, 1.54) is 4.88 Å². The van der Waals surface area contributed by atoms with Gasteiger partial charge in [0.2, 0.25) is 0 Å². The van der Waals surface area contributed by atoms with E-state index in [0.717, 1.165) is 59.5 Å². The van der Waals surface area contributed by atoms with Gasteiger partial charge in [-0.25, -0.2) is 15.0 Å². The molecule has 0 amide bonds. The Kier molecular flexibility index (Phi) is 6.22. The molecule has 26 heavy (non-hydrogen) atoms. The fraction of sp³-hybridized carbons (Fsp3) is 0.421. The van der Waals surface area contributed by atoms with Crippen LogP contribution in [0.15, 0.2) is 29.3 Å². The number of nitrogens with one attached hydrogen (secondary N) is 3. The van der Waals surface area contributed by atoms with Gasteiger partial charge in [0.15, 0.2) is 5.96 Å². The van der Waals surface area contributed by atoms with Crippen molar-refractivity contribution in [3.63, 3.8) is 0 Å². The van der Waals surface area contributed by atoms with Gasteiger partial charge in [0, 0.05) is 24.4 Å². The highest BCUT2D eigenvalue weighted by Crippen LogP contribution is 2.17. The molecule has 0 aliphatic heterocycles. The summed E-state index contributed by atoms with van der Waals surface area (Å²) in [4.78, 5) is 18.4. The molecule has 0 saturated heterocycles. The molecule has 3 rings (SSSR count). The molecular weight excluding hydrogens is 344 g/mol. The molecule has 0 radical (unpaired) electrons. The lowest BCUT2D eigenvalue weighted by molar-refractivity contribution is 0.727. The fourth-order valence-electron chi connectivity index (χ4n) is 2.68. The second kappa shape index (κ2) is 8.80. The van der Waals surface area contributed by atoms with Gasteiger partial charge in [-0.05, 0) is 39.3 Å². The number of nitrogens with zero attached hydrogens (tertiary/aromatic N) is 3. The average molecular weight is 371 g/mol. The van der Waals surface area contributed by atoms with Crippen LogP contribution in [0.4, 0.5) is 0 Å². The molecule has 2 heterocycles. The number of benzene rings is 1. The van der Waals surface area contributed by atoms with E-state index in [4.69, 9.17) is 0 Å². The number of thiazole rings is 1. The Morgan fingerprint density at radius 2 is 2.04 bits per heavy atom. The first-order chi connectivity index (χ1) is 12.7. The topological polar surface area (TPSA) is 78.0 Å². The molecule has 3 aromatic rings. The van der Waals surface area contributed by atoms with Gasteiger partial charge < -0.3 is 15.6 Å². The highest BCUT2D eigenvalue weighted by molar-refractivity contribution is 7.11. The molecule has 0 bridgehead atoms. The summed E-state index contributed by atoms with van der Waals surface area (Å²) in [5, 5.41) is 7.73. The second-order valence-electron chi connectivity index (χ2n) is 6.18. The largest absolute Gasteiger partial charge is 0.357 e. The molecule has 0 spiro atoms. The lowest BCUT2D eigenvalue weighted by atomic mass is 10.3. The molecule has 2 aromatic heterocycles. The van der Waals surface area contributed by atoms with Crippen molar-refractivity contribution in [1.82, 2.24) is 25.6 Å². The third-order valence-corrected chi connectivity index (χ3v) is 5.17. The third kappa shape index (κ3) is 4.82. The number of imidazole rings is 1. The molecule has 7 heteroatoms. The third-order valence-electron chi connectivity index (χ3n) is 4.11. The Morgan fingerprint density at radius 3 is 2.77 bits per heavy atom. The minimum atomic E-state index is 0.609. The molecule has 1 aromatic carbocycles. The van der Waals surface area contributed by atoms with E-state index in [9.17, 15) is 0 Å². The predicted octanol–water partition coefficient (Wildman–Crippen LogP) is 3.32. The van der Waals surface area contributed by atoms with E-state index in [2.05, 4.69) is 50.5 Å². The van der Waals surface area contributed by atoms with E-state index < -0.39 is 0 Å². The van der Waals surface area contributed by atoms with Crippen LogP contribution in [-0.2, 0) is 13.0 Å². The molecule has 0 fully saturated rings. The van der Waals surface area contributed by atoms with Crippen molar-refractivity contribution < 1.29 is 0 Å². The Morgan fingerprint density at radius 1 is 1.19 bits per heavy atom. The fourth-order valence-corrected chi connectivity index (χ4v) is 3.54. The number of aromatic nitrogens is 3. The van der Waals surface area contributed by atoms with Crippen LogP contribution in [0, 0.1) is 13.8 Å². The number of H-pyrrole nitrogens is 1. The van der Waals surface area contributed by atoms with E-state index in [-0.39, 0.29) is 0 Å². The summed E-state index contributed by atoms with van der Waals surface area (Å²) in [6.07, 6.45) is 1.89. The number of rotatable bonds is 7. The SMILES string of the molecule is CCNC(=NCc1nc(C)c(C)s1)NCCCc1nc2ccccc2[nH]1. The molecule has 3 N–H and O–H groups in total. The lowest BCUT2D eigenvalue weighted by Crippen LogP contribution is -2.37. The zero-order valence-electron chi connectivity index (χ0n) is 15.6. The number of fused-ring (bicyclic) bond motifs is 1. The molecule has 0 aliphatic carbocycles. The first-order valence-corrected chi connectivity index (χ1v) is 9.86. The highest BCUT2D eigenvalue weighted by atomic mass is 32.1. The van der Waals surface area contributed by atoms with E-state index >= 15 is 0 Å². The van der Waals surface area contributed by atoms with Crippen LogP contribution in [-0.4, -0.2) is 34.0 Å². The first-order valence-electron chi connectivity index (χ1n) is 9.04. The van der Waals surface area contributed by atoms with Crippen molar-refractivity contribution in [3.8, 4) is 0 Å². The van der Waals surface area contributed by atoms with Crippen LogP contribution >= 0.6 is 11.3 Å². The smallest absolute Gasteiger partial charge is 0.191 e. The Bertz CT molecular complexity index is 827. The predicted molar refractivity (Wildman–Crippen MR) is 109 cm³/mol. The maximum Gasteiger partial charge on any atom is 0.191 e. The van der Waals surface area contributed by atoms with Crippen LogP contribution in [0.2, 0.25) is 0 Å². The number of para-hydroxylation sites is 2. The van der Waals surface area contributed by atoms with Gasteiger partial charge in [0.25, 0.3) is 0 Å². The number of hydrogen-bond donors (Lipinski definition) is 3. The molecular formula is C19H26N6S. The van der Waals surface area contributed by atoms with E-state index in [0.29, 0.717) is 6.54 Å². The molecule has 0 unspecified atom stereocenters. The number of hydrogen-bond acceptors (Lipinski definition) is 4. The average Bonchev–Trinajstić information content (AvgIpc) is 3.19. The van der Waals surface area contributed by atoms with Gasteiger partial charge in [-0.1, -0.05) is 12.1 Å². The summed E-state index contributed by atoms with van der Waals surface area (Å²) in [5.74, 6) is 1.87. The van der Waals surface area contributed by atoms with Crippen LogP contribution in [0.3, 0.4) is 0 Å². The first kappa shape index (κ1) is 18.4. The normalized spacial score (nSPS) is 11.9. The van der Waals surface area contributed by atoms with Crippen LogP contribution < -0.4 is 10.6 Å². The summed E-state index contributed by atoms with van der Waals surface area (Å²) >= 11 is 1.72. The van der Waals surface area contributed by atoms with Crippen molar-refractivity contribution in [3.05, 3.63) is 45.7 Å². The second-order valence-corrected chi connectivity index (χ2v) is 7.46. The number of guanidine groups is 1. The van der Waals surface area contributed by atoms with Crippen molar-refractivity contribution in [1.29, 1.82) is 0 Å². The van der Waals surface area contributed by atoms with Crippen LogP contribution in [0.5, 0.6) is 0 Å². The molecule has 0 aliphatic rings. The van der Waals surface area contributed by atoms with Crippen LogP contribution in [0.25, 0.3) is 11.0 Å². The summed E-state index contributed by atoms with van der Waals surface area (Å²) in [7, 11) is 0. The number of aliphatic imine (C=N–C) groups is 1. The van der Waals surface area contributed by atoms with Crippen molar-refractivity contribution in [2.45, 2.75) is 40.2 Å². The lowest BCUT2D eigenvalue weighted by Gasteiger charge is -2.10. The Labute approximate surface area is 158 Å². The van der Waals surface area contributed by atoms with Crippen molar-refractivity contribution in [2.75, 3.05) is 13.1 Å². The van der Waals surface area contributed by atoms with Gasteiger partial charge in [-0.15, -0.1) is 11.3 Å². The summed E-state index contributed by atoms with van der Waals surface area (Å²) in [6.45, 7) is 8.51. The molecule has 138 valence electrons. The van der Waals surface area contributed by atoms with E-state index in [1.54, 1.807) is 11.3 Å². The quantitative estimate of drug-likeness (QED) is 0.339. The highest BCUT2D eigenvalue weighted by Gasteiger charge is 2.05. The zero-order valence-corrected chi connectivity index (χ0v) is 16.4. The Balaban J connectivity index is 1.49. The van der Waals surface area contributed by atoms with Gasteiger partial charge in [0.1, 0.15) is 10.8 Å².